The van der Waals surface area contributed by atoms with Gasteiger partial charge in [-0.2, -0.15) is 13.2 Å². The highest BCUT2D eigenvalue weighted by Gasteiger charge is 2.31. The topological polar surface area (TPSA) is 48.7 Å². The molecule has 1 saturated heterocycles. The van der Waals surface area contributed by atoms with Gasteiger partial charge in [0, 0.05) is 44.0 Å². The molecule has 0 aliphatic carbocycles. The molecule has 5 nitrogen and oxygen atoms in total. The Morgan fingerprint density at radius 1 is 0.970 bits per heavy atom. The number of piperazine rings is 1. The van der Waals surface area contributed by atoms with Crippen LogP contribution in [-0.4, -0.2) is 43.5 Å². The Morgan fingerprint density at radius 3 is 2.21 bits per heavy atom. The molecule has 0 saturated carbocycles. The Balaban J connectivity index is 1.39. The predicted octanol–water partition coefficient (Wildman–Crippen LogP) is 4.73. The van der Waals surface area contributed by atoms with E-state index in [0.29, 0.717) is 18.8 Å². The van der Waals surface area contributed by atoms with Crippen molar-refractivity contribution in [3.8, 4) is 0 Å². The van der Waals surface area contributed by atoms with Gasteiger partial charge in [0.2, 0.25) is 0 Å². The maximum atomic E-state index is 13.2. The quantitative estimate of drug-likeness (QED) is 0.540. The molecular formula is C24H23F4N3O2. The standard InChI is InChI=1S/C24H23F4N3O2/c25-19-7-9-20(10-8-19)30-11-13-31(14-12-30)21(22-2-1-15-33-22)16-29-23(32)17-3-5-18(6-4-17)24(26,27)28/h1-10,15,21H,11-14,16H2,(H,29,32). The molecule has 1 aliphatic rings. The number of nitrogens with zero attached hydrogens (tertiary/aromatic N) is 2. The minimum Gasteiger partial charge on any atom is -0.468 e. The molecule has 2 heterocycles. The van der Waals surface area contributed by atoms with Crippen LogP contribution in [-0.2, 0) is 6.18 Å². The summed E-state index contributed by atoms with van der Waals surface area (Å²) in [6.07, 6.45) is -2.88. The number of hydrogen-bond acceptors (Lipinski definition) is 4. The van der Waals surface area contributed by atoms with E-state index in [0.717, 1.165) is 30.9 Å². The number of rotatable bonds is 6. The Bertz CT molecular complexity index is 1040. The van der Waals surface area contributed by atoms with E-state index in [9.17, 15) is 22.4 Å². The summed E-state index contributed by atoms with van der Waals surface area (Å²) in [4.78, 5) is 16.9. The SMILES string of the molecule is O=C(NCC(c1ccco1)N1CCN(c2ccc(F)cc2)CC1)c1ccc(C(F)(F)F)cc1. The summed E-state index contributed by atoms with van der Waals surface area (Å²) in [5.41, 5.74) is 0.301. The first-order chi connectivity index (χ1) is 15.8. The van der Waals surface area contributed by atoms with E-state index < -0.39 is 17.6 Å². The Morgan fingerprint density at radius 2 is 1.64 bits per heavy atom. The van der Waals surface area contributed by atoms with Crippen molar-refractivity contribution in [3.05, 3.63) is 89.6 Å². The predicted molar refractivity (Wildman–Crippen MR) is 115 cm³/mol. The van der Waals surface area contributed by atoms with Gasteiger partial charge in [-0.15, -0.1) is 0 Å². The van der Waals surface area contributed by atoms with Gasteiger partial charge in [-0.1, -0.05) is 0 Å². The summed E-state index contributed by atoms with van der Waals surface area (Å²) in [6, 6.07) is 13.9. The number of anilines is 1. The Kier molecular flexibility index (Phi) is 6.69. The van der Waals surface area contributed by atoms with Crippen molar-refractivity contribution in [2.24, 2.45) is 0 Å². The van der Waals surface area contributed by atoms with Crippen molar-refractivity contribution >= 4 is 11.6 Å². The number of furan rings is 1. The van der Waals surface area contributed by atoms with Gasteiger partial charge < -0.3 is 14.6 Å². The number of hydrogen-bond donors (Lipinski definition) is 1. The van der Waals surface area contributed by atoms with E-state index in [2.05, 4.69) is 15.1 Å². The summed E-state index contributed by atoms with van der Waals surface area (Å²) in [6.45, 7) is 3.06. The molecule has 1 fully saturated rings. The maximum Gasteiger partial charge on any atom is 0.416 e. The first-order valence-corrected chi connectivity index (χ1v) is 10.5. The summed E-state index contributed by atoms with van der Waals surface area (Å²) >= 11 is 0. The van der Waals surface area contributed by atoms with Crippen LogP contribution in [0.4, 0.5) is 23.2 Å². The fourth-order valence-electron chi connectivity index (χ4n) is 3.94. The average Bonchev–Trinajstić information content (AvgIpc) is 3.34. The van der Waals surface area contributed by atoms with Crippen molar-refractivity contribution in [2.75, 3.05) is 37.6 Å². The second-order valence-corrected chi connectivity index (χ2v) is 7.82. The molecule has 1 unspecified atom stereocenters. The lowest BCUT2D eigenvalue weighted by molar-refractivity contribution is -0.137. The zero-order valence-electron chi connectivity index (χ0n) is 17.7. The van der Waals surface area contributed by atoms with Gasteiger partial charge in [0.05, 0.1) is 17.9 Å². The van der Waals surface area contributed by atoms with E-state index in [-0.39, 0.29) is 24.0 Å². The number of carbonyl (C=O) groups excluding carboxylic acids is 1. The Hall–Kier alpha value is -3.33. The third kappa shape index (κ3) is 5.54. The molecule has 0 bridgehead atoms. The highest BCUT2D eigenvalue weighted by molar-refractivity contribution is 5.94. The molecule has 3 aromatic rings. The van der Waals surface area contributed by atoms with Crippen LogP contribution in [0.3, 0.4) is 0 Å². The van der Waals surface area contributed by atoms with Crippen LogP contribution >= 0.6 is 0 Å². The Labute approximate surface area is 188 Å². The average molecular weight is 461 g/mol. The molecule has 174 valence electrons. The molecule has 9 heteroatoms. The van der Waals surface area contributed by atoms with E-state index in [1.54, 1.807) is 24.5 Å². The molecule has 1 N–H and O–H groups in total. The second kappa shape index (κ2) is 9.66. The van der Waals surface area contributed by atoms with Crippen molar-refractivity contribution in [1.29, 1.82) is 0 Å². The van der Waals surface area contributed by atoms with Crippen LogP contribution in [0.25, 0.3) is 0 Å². The maximum absolute atomic E-state index is 13.2. The lowest BCUT2D eigenvalue weighted by Crippen LogP contribution is -2.49. The summed E-state index contributed by atoms with van der Waals surface area (Å²) in [5, 5.41) is 2.81. The molecule has 1 aliphatic heterocycles. The van der Waals surface area contributed by atoms with Gasteiger partial charge >= 0.3 is 6.18 Å². The monoisotopic (exact) mass is 461 g/mol. The van der Waals surface area contributed by atoms with E-state index >= 15 is 0 Å². The molecule has 1 amide bonds. The van der Waals surface area contributed by atoms with Gasteiger partial charge in [-0.05, 0) is 60.7 Å². The first-order valence-electron chi connectivity index (χ1n) is 10.5. The molecule has 1 aromatic heterocycles. The van der Waals surface area contributed by atoms with Crippen molar-refractivity contribution in [2.45, 2.75) is 12.2 Å². The van der Waals surface area contributed by atoms with Gasteiger partial charge in [0.15, 0.2) is 0 Å². The molecule has 2 aromatic carbocycles. The van der Waals surface area contributed by atoms with Crippen LogP contribution < -0.4 is 10.2 Å². The number of amides is 1. The van der Waals surface area contributed by atoms with E-state index in [1.807, 2.05) is 6.07 Å². The van der Waals surface area contributed by atoms with Crippen LogP contribution in [0, 0.1) is 5.82 Å². The normalized spacial score (nSPS) is 15.9. The van der Waals surface area contributed by atoms with Gasteiger partial charge in [-0.3, -0.25) is 9.69 Å². The summed E-state index contributed by atoms with van der Waals surface area (Å²) < 4.78 is 57.1. The summed E-state index contributed by atoms with van der Waals surface area (Å²) in [7, 11) is 0. The van der Waals surface area contributed by atoms with E-state index in [4.69, 9.17) is 4.42 Å². The van der Waals surface area contributed by atoms with Crippen LogP contribution in [0.5, 0.6) is 0 Å². The van der Waals surface area contributed by atoms with Gasteiger partial charge in [-0.25, -0.2) is 4.39 Å². The highest BCUT2D eigenvalue weighted by Crippen LogP contribution is 2.29. The van der Waals surface area contributed by atoms with Gasteiger partial charge in [0.1, 0.15) is 11.6 Å². The van der Waals surface area contributed by atoms with Crippen LogP contribution in [0.15, 0.2) is 71.3 Å². The zero-order valence-corrected chi connectivity index (χ0v) is 17.7. The summed E-state index contributed by atoms with van der Waals surface area (Å²) in [5.74, 6) is -0.0396. The number of nitrogens with one attached hydrogen (secondary N) is 1. The lowest BCUT2D eigenvalue weighted by Gasteiger charge is -2.39. The highest BCUT2D eigenvalue weighted by atomic mass is 19.4. The second-order valence-electron chi connectivity index (χ2n) is 7.82. The molecule has 1 atom stereocenters. The smallest absolute Gasteiger partial charge is 0.416 e. The number of halogens is 4. The third-order valence-electron chi connectivity index (χ3n) is 5.75. The number of alkyl halides is 3. The van der Waals surface area contributed by atoms with Crippen molar-refractivity contribution < 1.29 is 26.8 Å². The van der Waals surface area contributed by atoms with E-state index in [1.165, 1.54) is 24.3 Å². The molecule has 0 radical (unpaired) electrons. The fourth-order valence-corrected chi connectivity index (χ4v) is 3.94. The van der Waals surface area contributed by atoms with Crippen LogP contribution in [0.2, 0.25) is 0 Å². The fraction of sp³-hybridized carbons (Fsp3) is 0.292. The minimum absolute atomic E-state index is 0.155. The number of carbonyl (C=O) groups is 1. The molecule has 4 rings (SSSR count). The van der Waals surface area contributed by atoms with Crippen molar-refractivity contribution in [1.82, 2.24) is 10.2 Å². The number of benzene rings is 2. The molecular weight excluding hydrogens is 438 g/mol. The first kappa shape index (κ1) is 22.8. The largest absolute Gasteiger partial charge is 0.468 e. The third-order valence-corrected chi connectivity index (χ3v) is 5.75. The molecule has 33 heavy (non-hydrogen) atoms. The van der Waals surface area contributed by atoms with Crippen LogP contribution in [0.1, 0.15) is 27.7 Å². The van der Waals surface area contributed by atoms with Crippen molar-refractivity contribution in [3.63, 3.8) is 0 Å². The zero-order chi connectivity index (χ0) is 23.4. The minimum atomic E-state index is -4.45. The lowest BCUT2D eigenvalue weighted by atomic mass is 10.1. The van der Waals surface area contributed by atoms with Gasteiger partial charge in [0.25, 0.3) is 5.91 Å². The molecule has 0 spiro atoms.